The summed E-state index contributed by atoms with van der Waals surface area (Å²) in [7, 11) is -3.94. The maximum Gasteiger partial charge on any atom is 0.265 e. The minimum absolute atomic E-state index is 0.0940. The molecule has 0 aromatic heterocycles. The molecule has 20 heavy (non-hydrogen) atoms. The van der Waals surface area contributed by atoms with Crippen LogP contribution in [0.25, 0.3) is 0 Å². The average Bonchev–Trinajstić information content (AvgIpc) is 2.33. The van der Waals surface area contributed by atoms with Crippen LogP contribution in [0.3, 0.4) is 0 Å². The lowest BCUT2D eigenvalue weighted by atomic mass is 10.0. The smallest absolute Gasteiger partial charge is 0.265 e. The Hall–Kier alpha value is -1.05. The van der Waals surface area contributed by atoms with Crippen LogP contribution in [0.15, 0.2) is 11.0 Å². The zero-order valence-electron chi connectivity index (χ0n) is 11.9. The van der Waals surface area contributed by atoms with Crippen molar-refractivity contribution in [1.82, 2.24) is 4.72 Å². The Morgan fingerprint density at radius 1 is 1.15 bits per heavy atom. The number of hydrogen-bond donors (Lipinski definition) is 2. The van der Waals surface area contributed by atoms with Crippen molar-refractivity contribution in [3.63, 3.8) is 0 Å². The first-order valence-electron chi connectivity index (χ1n) is 6.11. The third-order valence-electron chi connectivity index (χ3n) is 3.34. The van der Waals surface area contributed by atoms with Crippen molar-refractivity contribution in [2.24, 2.45) is 0 Å². The van der Waals surface area contributed by atoms with Crippen molar-refractivity contribution in [2.75, 3.05) is 6.54 Å². The van der Waals surface area contributed by atoms with E-state index < -0.39 is 29.1 Å². The fourth-order valence-corrected chi connectivity index (χ4v) is 3.60. The highest BCUT2D eigenvalue weighted by Gasteiger charge is 2.25. The first-order valence-corrected chi connectivity index (χ1v) is 7.59. The molecule has 1 unspecified atom stereocenters. The molecule has 0 aliphatic carbocycles. The van der Waals surface area contributed by atoms with Crippen molar-refractivity contribution in [3.05, 3.63) is 28.3 Å². The fraction of sp³-hybridized carbons (Fsp3) is 0.538. The van der Waals surface area contributed by atoms with E-state index in [1.165, 1.54) is 0 Å². The molecule has 2 N–H and O–H groups in total. The van der Waals surface area contributed by atoms with E-state index >= 15 is 0 Å². The fourth-order valence-electron chi connectivity index (χ4n) is 1.94. The van der Waals surface area contributed by atoms with Crippen molar-refractivity contribution in [3.8, 4) is 0 Å². The molecule has 1 rings (SSSR count). The van der Waals surface area contributed by atoms with E-state index in [0.29, 0.717) is 11.1 Å². The zero-order valence-corrected chi connectivity index (χ0v) is 12.7. The molecule has 114 valence electrons. The van der Waals surface area contributed by atoms with Gasteiger partial charge in [0.1, 0.15) is 6.10 Å². The molecule has 0 fully saturated rings. The van der Waals surface area contributed by atoms with Gasteiger partial charge in [-0.25, -0.2) is 21.9 Å². The normalized spacial score (nSPS) is 13.8. The van der Waals surface area contributed by atoms with Gasteiger partial charge in [-0.05, 0) is 49.9 Å². The Bertz CT molecular complexity index is 574. The lowest BCUT2D eigenvalue weighted by Gasteiger charge is -2.17. The maximum atomic E-state index is 12.2. The van der Waals surface area contributed by atoms with Gasteiger partial charge in [-0.1, -0.05) is 6.07 Å². The summed E-state index contributed by atoms with van der Waals surface area (Å²) >= 11 is 0. The number of sulfonamides is 1. The molecule has 0 aliphatic rings. The summed E-state index contributed by atoms with van der Waals surface area (Å²) in [6, 6.07) is 1.87. The molecule has 0 heterocycles. The number of alkyl halides is 2. The second-order valence-electron chi connectivity index (χ2n) is 4.84. The Morgan fingerprint density at radius 3 is 2.00 bits per heavy atom. The highest BCUT2D eigenvalue weighted by atomic mass is 32.2. The van der Waals surface area contributed by atoms with Crippen LogP contribution in [0, 0.1) is 27.7 Å². The molecule has 4 nitrogen and oxygen atoms in total. The molecular formula is C13H19F2NO3S. The summed E-state index contributed by atoms with van der Waals surface area (Å²) in [6.07, 6.45) is -5.00. The average molecular weight is 307 g/mol. The molecular weight excluding hydrogens is 288 g/mol. The Morgan fingerprint density at radius 2 is 1.60 bits per heavy atom. The van der Waals surface area contributed by atoms with Gasteiger partial charge in [0.25, 0.3) is 6.43 Å². The Kier molecular flexibility index (Phi) is 5.23. The lowest BCUT2D eigenvalue weighted by Crippen LogP contribution is -2.36. The van der Waals surface area contributed by atoms with Gasteiger partial charge < -0.3 is 5.11 Å². The van der Waals surface area contributed by atoms with Gasteiger partial charge in [-0.3, -0.25) is 0 Å². The number of aliphatic hydroxyl groups excluding tert-OH is 1. The quantitative estimate of drug-likeness (QED) is 0.872. The first kappa shape index (κ1) is 17.0. The molecule has 0 amide bonds. The van der Waals surface area contributed by atoms with Crippen LogP contribution in [0.4, 0.5) is 8.78 Å². The second-order valence-corrected chi connectivity index (χ2v) is 6.55. The van der Waals surface area contributed by atoms with E-state index in [0.717, 1.165) is 11.1 Å². The topological polar surface area (TPSA) is 66.4 Å². The number of rotatable bonds is 5. The van der Waals surface area contributed by atoms with Crippen LogP contribution in [-0.2, 0) is 10.0 Å². The number of hydrogen-bond acceptors (Lipinski definition) is 3. The maximum absolute atomic E-state index is 12.2. The predicted octanol–water partition coefficient (Wildman–Crippen LogP) is 1.82. The Labute approximate surface area is 117 Å². The van der Waals surface area contributed by atoms with Crippen LogP contribution < -0.4 is 4.72 Å². The number of nitrogens with one attached hydrogen (secondary N) is 1. The third kappa shape index (κ3) is 3.53. The minimum atomic E-state index is -3.94. The van der Waals surface area contributed by atoms with Crippen LogP contribution in [0.2, 0.25) is 0 Å². The minimum Gasteiger partial charge on any atom is -0.386 e. The zero-order chi connectivity index (χ0) is 15.7. The van der Waals surface area contributed by atoms with E-state index in [1.54, 1.807) is 27.7 Å². The van der Waals surface area contributed by atoms with E-state index in [4.69, 9.17) is 5.11 Å². The van der Waals surface area contributed by atoms with Gasteiger partial charge >= 0.3 is 0 Å². The van der Waals surface area contributed by atoms with Crippen LogP contribution in [0.5, 0.6) is 0 Å². The molecule has 0 saturated carbocycles. The van der Waals surface area contributed by atoms with Crippen molar-refractivity contribution in [2.45, 2.75) is 45.1 Å². The van der Waals surface area contributed by atoms with Crippen LogP contribution >= 0.6 is 0 Å². The van der Waals surface area contributed by atoms with Crippen LogP contribution in [0.1, 0.15) is 22.3 Å². The third-order valence-corrected chi connectivity index (χ3v) is 5.04. The van der Waals surface area contributed by atoms with E-state index in [-0.39, 0.29) is 4.90 Å². The van der Waals surface area contributed by atoms with E-state index in [1.807, 2.05) is 10.8 Å². The summed E-state index contributed by atoms with van der Waals surface area (Å²) in [5, 5.41) is 9.01. The SMILES string of the molecule is Cc1cc(C)c(C)c(S(=O)(=O)NCC(O)C(F)F)c1C. The molecule has 1 aromatic carbocycles. The van der Waals surface area contributed by atoms with Crippen LogP contribution in [-0.4, -0.2) is 32.6 Å². The number of aryl methyl sites for hydroxylation is 2. The predicted molar refractivity (Wildman–Crippen MR) is 72.6 cm³/mol. The van der Waals surface area contributed by atoms with Gasteiger partial charge in [0.2, 0.25) is 10.0 Å². The number of halogens is 2. The summed E-state index contributed by atoms with van der Waals surface area (Å²) in [4.78, 5) is 0.0940. The van der Waals surface area contributed by atoms with Gasteiger partial charge in [-0.15, -0.1) is 0 Å². The van der Waals surface area contributed by atoms with Gasteiger partial charge in [0.05, 0.1) is 4.90 Å². The highest BCUT2D eigenvalue weighted by molar-refractivity contribution is 7.89. The van der Waals surface area contributed by atoms with E-state index in [9.17, 15) is 17.2 Å². The first-order chi connectivity index (χ1) is 9.08. The molecule has 0 saturated heterocycles. The van der Waals surface area contributed by atoms with E-state index in [2.05, 4.69) is 0 Å². The molecule has 0 aliphatic heterocycles. The molecule has 0 spiro atoms. The summed E-state index contributed by atoms with van der Waals surface area (Å²) < 4.78 is 50.9. The summed E-state index contributed by atoms with van der Waals surface area (Å²) in [6.45, 7) is 6.19. The molecule has 1 atom stereocenters. The number of aliphatic hydroxyl groups is 1. The standard InChI is InChI=1S/C13H19F2NO3S/c1-7-5-8(2)10(4)12(9(7)3)20(18,19)16-6-11(17)13(14)15/h5,11,13,16-17H,6H2,1-4H3. The highest BCUT2D eigenvalue weighted by Crippen LogP contribution is 2.25. The van der Waals surface area contributed by atoms with Gasteiger partial charge in [-0.2, -0.15) is 0 Å². The summed E-state index contributed by atoms with van der Waals surface area (Å²) in [5.41, 5.74) is 2.77. The van der Waals surface area contributed by atoms with Crippen molar-refractivity contribution in [1.29, 1.82) is 0 Å². The van der Waals surface area contributed by atoms with Crippen molar-refractivity contribution < 1.29 is 22.3 Å². The van der Waals surface area contributed by atoms with Crippen molar-refractivity contribution >= 4 is 10.0 Å². The summed E-state index contributed by atoms with van der Waals surface area (Å²) in [5.74, 6) is 0. The number of benzene rings is 1. The Balaban J connectivity index is 3.17. The molecule has 0 radical (unpaired) electrons. The largest absolute Gasteiger partial charge is 0.386 e. The lowest BCUT2D eigenvalue weighted by molar-refractivity contribution is -0.000453. The van der Waals surface area contributed by atoms with Gasteiger partial charge in [0.15, 0.2) is 0 Å². The second kappa shape index (κ2) is 6.15. The molecule has 0 bridgehead atoms. The van der Waals surface area contributed by atoms with Gasteiger partial charge in [0, 0.05) is 6.54 Å². The molecule has 7 heteroatoms. The monoisotopic (exact) mass is 307 g/mol. The molecule has 1 aromatic rings.